The second kappa shape index (κ2) is 7.67. The minimum absolute atomic E-state index is 0.124. The first-order chi connectivity index (χ1) is 11.9. The number of hydrogen-bond acceptors (Lipinski definition) is 5. The Balaban J connectivity index is 0.000000701. The molecule has 128 valence electrons. The molecule has 0 aliphatic carbocycles. The summed E-state index contributed by atoms with van der Waals surface area (Å²) >= 11 is 6.13. The quantitative estimate of drug-likeness (QED) is 0.517. The molecule has 0 radical (unpaired) electrons. The van der Waals surface area contributed by atoms with Crippen molar-refractivity contribution in [1.29, 1.82) is 0 Å². The molecule has 0 unspecified atom stereocenters. The Kier molecular flexibility index (Phi) is 5.61. The maximum Gasteiger partial charge on any atom is 0.356 e. The Morgan fingerprint density at radius 2 is 1.88 bits per heavy atom. The van der Waals surface area contributed by atoms with Crippen LogP contribution in [0.25, 0.3) is 22.0 Å². The van der Waals surface area contributed by atoms with Crippen LogP contribution in [0.15, 0.2) is 41.9 Å². The lowest BCUT2D eigenvalue weighted by Gasteiger charge is -2.10. The Morgan fingerprint density at radius 3 is 2.52 bits per heavy atom. The number of halogens is 1. The monoisotopic (exact) mass is 359 g/mol. The number of aromatic carboxylic acids is 1. The zero-order chi connectivity index (χ0) is 18.6. The third-order valence-electron chi connectivity index (χ3n) is 3.61. The van der Waals surface area contributed by atoms with E-state index in [1.54, 1.807) is 13.1 Å². The molecule has 0 aliphatic heterocycles. The number of carboxylic acid groups (broad SMARTS) is 1. The van der Waals surface area contributed by atoms with Crippen LogP contribution in [0.3, 0.4) is 0 Å². The summed E-state index contributed by atoms with van der Waals surface area (Å²) in [6.45, 7) is 3.75. The molecule has 2 aromatic heterocycles. The summed E-state index contributed by atoms with van der Waals surface area (Å²) in [7, 11) is 0. The van der Waals surface area contributed by atoms with Gasteiger partial charge in [-0.2, -0.15) is 0 Å². The van der Waals surface area contributed by atoms with Crippen molar-refractivity contribution in [2.45, 2.75) is 13.8 Å². The van der Waals surface area contributed by atoms with Crippen LogP contribution in [0.2, 0.25) is 5.02 Å². The van der Waals surface area contributed by atoms with Gasteiger partial charge in [0, 0.05) is 22.8 Å². The molecule has 7 nitrogen and oxygen atoms in total. The second-order valence-corrected chi connectivity index (χ2v) is 5.58. The van der Waals surface area contributed by atoms with Crippen LogP contribution in [0.5, 0.6) is 0 Å². The number of hydrogen-bond donors (Lipinski definition) is 2. The average Bonchev–Trinajstić information content (AvgIpc) is 2.57. The van der Waals surface area contributed by atoms with E-state index in [0.29, 0.717) is 5.56 Å². The van der Waals surface area contributed by atoms with Crippen LogP contribution in [0.4, 0.5) is 0 Å². The summed E-state index contributed by atoms with van der Waals surface area (Å²) in [5, 5.41) is 18.1. The second-order valence-electron chi connectivity index (χ2n) is 5.21. The fraction of sp³-hybridized carbons (Fsp3) is 0.118. The highest BCUT2D eigenvalue weighted by Gasteiger charge is 2.16. The number of pyridine rings is 2. The van der Waals surface area contributed by atoms with Gasteiger partial charge in [-0.3, -0.25) is 4.98 Å². The van der Waals surface area contributed by atoms with E-state index in [-0.39, 0.29) is 10.7 Å². The summed E-state index contributed by atoms with van der Waals surface area (Å²) in [5.41, 5.74) is 4.21. The lowest BCUT2D eigenvalue weighted by molar-refractivity contribution is 0.0690. The van der Waals surface area contributed by atoms with Gasteiger partial charge in [0.2, 0.25) is 0 Å². The first-order valence-electron chi connectivity index (χ1n) is 7.12. The molecule has 3 aromatic rings. The van der Waals surface area contributed by atoms with Crippen LogP contribution in [0.1, 0.15) is 21.7 Å². The predicted molar refractivity (Wildman–Crippen MR) is 94.0 cm³/mol. The molecule has 0 saturated carbocycles. The number of benzene rings is 1. The van der Waals surface area contributed by atoms with Gasteiger partial charge in [-0.25, -0.2) is 9.78 Å². The van der Waals surface area contributed by atoms with E-state index in [0.717, 1.165) is 27.7 Å². The molecule has 0 saturated heterocycles. The minimum Gasteiger partial charge on any atom is -0.476 e. The molecule has 0 bridgehead atoms. The van der Waals surface area contributed by atoms with Gasteiger partial charge < -0.3 is 10.3 Å². The van der Waals surface area contributed by atoms with Crippen molar-refractivity contribution in [3.8, 4) is 11.1 Å². The van der Waals surface area contributed by atoms with E-state index in [1.165, 1.54) is 5.34 Å². The van der Waals surface area contributed by atoms with Gasteiger partial charge in [0.05, 0.1) is 10.5 Å². The highest BCUT2D eigenvalue weighted by molar-refractivity contribution is 6.34. The standard InChI is InChI=1S/C17H13ClN2O2.HNO2/c1-9-3-4-12-7-11(5-6-14(12)20-9)13-8-19-16(17(21)22)15(18)10(13)2;2-1-3/h3-8H,1-2H3,(H,21,22);(H,2,3). The molecule has 0 spiro atoms. The molecule has 0 atom stereocenters. The normalized spacial score (nSPS) is 10.0. The number of carbonyl (C=O) groups is 1. The van der Waals surface area contributed by atoms with Crippen LogP contribution in [-0.4, -0.2) is 26.3 Å². The Labute approximate surface area is 147 Å². The fourth-order valence-corrected chi connectivity index (χ4v) is 2.65. The molecule has 0 aliphatic rings. The van der Waals surface area contributed by atoms with Crippen molar-refractivity contribution in [3.05, 3.63) is 63.4 Å². The lowest BCUT2D eigenvalue weighted by Crippen LogP contribution is -2.03. The number of fused-ring (bicyclic) bond motifs is 1. The minimum atomic E-state index is -1.13. The number of rotatable bonds is 2. The smallest absolute Gasteiger partial charge is 0.356 e. The van der Waals surface area contributed by atoms with Gasteiger partial charge in [-0.05, 0) is 43.2 Å². The summed E-state index contributed by atoms with van der Waals surface area (Å²) in [5.74, 6) is -1.13. The highest BCUT2D eigenvalue weighted by Crippen LogP contribution is 2.31. The number of aromatic nitrogens is 2. The predicted octanol–water partition coefficient (Wildman–Crippen LogP) is 4.41. The Hall–Kier alpha value is -3.06. The molecule has 0 fully saturated rings. The third kappa shape index (κ3) is 3.89. The van der Waals surface area contributed by atoms with Gasteiger partial charge in [-0.15, -0.1) is 4.91 Å². The van der Waals surface area contributed by atoms with Gasteiger partial charge in [0.25, 0.3) is 0 Å². The van der Waals surface area contributed by atoms with E-state index >= 15 is 0 Å². The first-order valence-corrected chi connectivity index (χ1v) is 7.49. The van der Waals surface area contributed by atoms with E-state index in [9.17, 15) is 4.79 Å². The van der Waals surface area contributed by atoms with Crippen molar-refractivity contribution in [1.82, 2.24) is 9.97 Å². The zero-order valence-corrected chi connectivity index (χ0v) is 14.2. The number of nitrogens with zero attached hydrogens (tertiary/aromatic N) is 3. The van der Waals surface area contributed by atoms with E-state index in [2.05, 4.69) is 9.97 Å². The van der Waals surface area contributed by atoms with Crippen molar-refractivity contribution < 1.29 is 15.1 Å². The van der Waals surface area contributed by atoms with Crippen LogP contribution < -0.4 is 0 Å². The Bertz CT molecular complexity index is 960. The maximum atomic E-state index is 11.1. The molecule has 1 aromatic carbocycles. The molecule has 0 amide bonds. The van der Waals surface area contributed by atoms with E-state index in [4.69, 9.17) is 26.8 Å². The van der Waals surface area contributed by atoms with E-state index in [1.807, 2.05) is 37.3 Å². The number of aryl methyl sites for hydroxylation is 1. The highest BCUT2D eigenvalue weighted by atomic mass is 35.5. The van der Waals surface area contributed by atoms with Gasteiger partial charge >= 0.3 is 5.97 Å². The largest absolute Gasteiger partial charge is 0.476 e. The van der Waals surface area contributed by atoms with E-state index < -0.39 is 5.97 Å². The van der Waals surface area contributed by atoms with Gasteiger partial charge in [0.1, 0.15) is 0 Å². The lowest BCUT2D eigenvalue weighted by atomic mass is 10.00. The molecular formula is C17H14ClN3O4. The molecule has 3 rings (SSSR count). The summed E-state index contributed by atoms with van der Waals surface area (Å²) in [6, 6.07) is 9.85. The van der Waals surface area contributed by atoms with Gasteiger partial charge in [-0.1, -0.05) is 23.7 Å². The van der Waals surface area contributed by atoms with Crippen molar-refractivity contribution in [3.63, 3.8) is 0 Å². The van der Waals surface area contributed by atoms with Crippen molar-refractivity contribution in [2.75, 3.05) is 0 Å². The maximum absolute atomic E-state index is 11.1. The van der Waals surface area contributed by atoms with Crippen molar-refractivity contribution in [2.24, 2.45) is 5.34 Å². The molecule has 25 heavy (non-hydrogen) atoms. The Morgan fingerprint density at radius 1 is 1.20 bits per heavy atom. The summed E-state index contributed by atoms with van der Waals surface area (Å²) in [6.07, 6.45) is 1.55. The molecule has 2 N–H and O–H groups in total. The fourth-order valence-electron chi connectivity index (χ4n) is 2.41. The number of carboxylic acids is 1. The third-order valence-corrected chi connectivity index (χ3v) is 4.07. The SMILES string of the molecule is Cc1ccc2cc(-c3cnc(C(=O)O)c(Cl)c3C)ccc2n1.O=NO. The summed E-state index contributed by atoms with van der Waals surface area (Å²) in [4.78, 5) is 27.6. The average molecular weight is 360 g/mol. The molecule has 8 heteroatoms. The summed E-state index contributed by atoms with van der Waals surface area (Å²) < 4.78 is 0. The van der Waals surface area contributed by atoms with Crippen LogP contribution in [-0.2, 0) is 0 Å². The van der Waals surface area contributed by atoms with Gasteiger partial charge in [0.15, 0.2) is 11.0 Å². The zero-order valence-electron chi connectivity index (χ0n) is 13.4. The topological polar surface area (TPSA) is 113 Å². The molecular weight excluding hydrogens is 346 g/mol. The molecule has 2 heterocycles. The van der Waals surface area contributed by atoms with Crippen LogP contribution in [0, 0.1) is 18.8 Å². The van der Waals surface area contributed by atoms with Crippen LogP contribution >= 0.6 is 11.6 Å². The first kappa shape index (κ1) is 18.3. The van der Waals surface area contributed by atoms with Crippen molar-refractivity contribution >= 4 is 28.5 Å².